The summed E-state index contributed by atoms with van der Waals surface area (Å²) < 4.78 is 5.46. The molecule has 0 aromatic heterocycles. The maximum absolute atomic E-state index is 9.86. The number of rotatable bonds is 3. The number of hydrogen-bond acceptors (Lipinski definition) is 3. The molecule has 116 valence electrons. The zero-order valence-corrected chi connectivity index (χ0v) is 13.6. The van der Waals surface area contributed by atoms with Crippen molar-refractivity contribution in [2.24, 2.45) is 5.92 Å². The molecule has 2 aliphatic rings. The number of benzene rings is 1. The molecule has 0 amide bonds. The highest BCUT2D eigenvalue weighted by Gasteiger charge is 2.48. The molecular weight excluding hydrogens is 262 g/mol. The van der Waals surface area contributed by atoms with Gasteiger partial charge in [-0.05, 0) is 60.9 Å². The van der Waals surface area contributed by atoms with Gasteiger partial charge in [0.05, 0.1) is 6.10 Å². The van der Waals surface area contributed by atoms with Gasteiger partial charge in [-0.2, -0.15) is 0 Å². The number of aromatic hydroxyl groups is 1. The standard InChI is InChI=1S/C18H27NO2/c1-12(21-4)11-19-8-7-18(3)13(2)17(19)9-14-5-6-15(20)10-16(14)18/h5-6,10,12-13,17,20H,7-9,11H2,1-4H3/t12?,13?,17?,18-/m0/s1. The Morgan fingerprint density at radius 1 is 1.48 bits per heavy atom. The average Bonchev–Trinajstić information content (AvgIpc) is 2.46. The minimum Gasteiger partial charge on any atom is -0.508 e. The Morgan fingerprint density at radius 3 is 2.95 bits per heavy atom. The molecule has 1 heterocycles. The van der Waals surface area contributed by atoms with Crippen LogP contribution in [-0.4, -0.2) is 42.4 Å². The molecular formula is C18H27NO2. The van der Waals surface area contributed by atoms with Crippen molar-refractivity contribution in [1.82, 2.24) is 4.90 Å². The van der Waals surface area contributed by atoms with Crippen LogP contribution in [-0.2, 0) is 16.6 Å². The molecule has 1 aromatic carbocycles. The van der Waals surface area contributed by atoms with Gasteiger partial charge in [-0.25, -0.2) is 0 Å². The van der Waals surface area contributed by atoms with Gasteiger partial charge in [-0.15, -0.1) is 0 Å². The molecule has 3 nitrogen and oxygen atoms in total. The molecule has 1 aromatic rings. The van der Waals surface area contributed by atoms with Gasteiger partial charge in [0.25, 0.3) is 0 Å². The Morgan fingerprint density at radius 2 is 2.24 bits per heavy atom. The number of piperidine rings is 1. The Hall–Kier alpha value is -1.06. The summed E-state index contributed by atoms with van der Waals surface area (Å²) >= 11 is 0. The molecule has 3 rings (SSSR count). The predicted molar refractivity (Wildman–Crippen MR) is 84.8 cm³/mol. The first-order valence-corrected chi connectivity index (χ1v) is 8.05. The van der Waals surface area contributed by atoms with E-state index in [0.717, 1.165) is 25.9 Å². The van der Waals surface area contributed by atoms with Gasteiger partial charge >= 0.3 is 0 Å². The first-order valence-electron chi connectivity index (χ1n) is 8.05. The summed E-state index contributed by atoms with van der Waals surface area (Å²) in [5.74, 6) is 1.00. The first-order chi connectivity index (χ1) is 9.95. The van der Waals surface area contributed by atoms with Gasteiger partial charge < -0.3 is 9.84 Å². The van der Waals surface area contributed by atoms with Crippen molar-refractivity contribution in [3.05, 3.63) is 29.3 Å². The highest BCUT2D eigenvalue weighted by atomic mass is 16.5. The lowest BCUT2D eigenvalue weighted by Crippen LogP contribution is -2.59. The molecule has 1 N–H and O–H groups in total. The molecule has 1 aliphatic carbocycles. The van der Waals surface area contributed by atoms with Crippen molar-refractivity contribution < 1.29 is 9.84 Å². The van der Waals surface area contributed by atoms with Crippen molar-refractivity contribution in [3.8, 4) is 5.75 Å². The summed E-state index contributed by atoms with van der Waals surface area (Å²) in [7, 11) is 1.79. The van der Waals surface area contributed by atoms with Gasteiger partial charge in [0.15, 0.2) is 0 Å². The second-order valence-corrected chi connectivity index (χ2v) is 7.11. The minimum atomic E-state index is 0.184. The van der Waals surface area contributed by atoms with Crippen molar-refractivity contribution >= 4 is 0 Å². The molecule has 3 unspecified atom stereocenters. The van der Waals surface area contributed by atoms with Crippen LogP contribution in [0, 0.1) is 5.92 Å². The fraction of sp³-hybridized carbons (Fsp3) is 0.667. The van der Waals surface area contributed by atoms with Gasteiger partial charge in [0.1, 0.15) is 5.75 Å². The monoisotopic (exact) mass is 289 g/mol. The molecule has 0 saturated carbocycles. The van der Waals surface area contributed by atoms with E-state index < -0.39 is 0 Å². The summed E-state index contributed by atoms with van der Waals surface area (Å²) in [4.78, 5) is 2.61. The molecule has 2 bridgehead atoms. The molecule has 21 heavy (non-hydrogen) atoms. The van der Waals surface area contributed by atoms with Crippen LogP contribution in [0.3, 0.4) is 0 Å². The highest BCUT2D eigenvalue weighted by molar-refractivity contribution is 5.44. The lowest BCUT2D eigenvalue weighted by molar-refractivity contribution is -0.00624. The van der Waals surface area contributed by atoms with Gasteiger partial charge in [0.2, 0.25) is 0 Å². The van der Waals surface area contributed by atoms with Crippen molar-refractivity contribution in [1.29, 1.82) is 0 Å². The molecule has 1 fully saturated rings. The Labute approximate surface area is 127 Å². The third kappa shape index (κ3) is 2.36. The van der Waals surface area contributed by atoms with E-state index in [1.54, 1.807) is 7.11 Å². The highest BCUT2D eigenvalue weighted by Crippen LogP contribution is 2.49. The lowest BCUT2D eigenvalue weighted by Gasteiger charge is -2.55. The van der Waals surface area contributed by atoms with Gasteiger partial charge in [-0.1, -0.05) is 19.9 Å². The average molecular weight is 289 g/mol. The zero-order chi connectivity index (χ0) is 15.2. The van der Waals surface area contributed by atoms with Crippen molar-refractivity contribution in [2.45, 2.75) is 51.2 Å². The number of methoxy groups -OCH3 is 1. The van der Waals surface area contributed by atoms with Crippen LogP contribution >= 0.6 is 0 Å². The van der Waals surface area contributed by atoms with E-state index in [1.165, 1.54) is 11.1 Å². The van der Waals surface area contributed by atoms with Crippen LogP contribution in [0.2, 0.25) is 0 Å². The Kier molecular flexibility index (Phi) is 3.74. The second-order valence-electron chi connectivity index (χ2n) is 7.11. The van der Waals surface area contributed by atoms with Crippen molar-refractivity contribution in [2.75, 3.05) is 20.2 Å². The fourth-order valence-corrected chi connectivity index (χ4v) is 4.33. The van der Waals surface area contributed by atoms with E-state index in [1.807, 2.05) is 12.1 Å². The summed E-state index contributed by atoms with van der Waals surface area (Å²) in [5.41, 5.74) is 2.96. The van der Waals surface area contributed by atoms with Crippen LogP contribution in [0.4, 0.5) is 0 Å². The quantitative estimate of drug-likeness (QED) is 0.928. The number of ether oxygens (including phenoxy) is 1. The van der Waals surface area contributed by atoms with Crippen LogP contribution in [0.25, 0.3) is 0 Å². The SMILES string of the molecule is COC(C)CN1CC[C@]2(C)c3cc(O)ccc3CC1C2C. The predicted octanol–water partition coefficient (Wildman–Crippen LogP) is 2.95. The van der Waals surface area contributed by atoms with Gasteiger partial charge in [0, 0.05) is 19.7 Å². The Balaban J connectivity index is 1.94. The number of hydrogen-bond donors (Lipinski definition) is 1. The zero-order valence-electron chi connectivity index (χ0n) is 13.6. The maximum Gasteiger partial charge on any atom is 0.115 e. The van der Waals surface area contributed by atoms with E-state index in [2.05, 4.69) is 31.7 Å². The number of phenolic OH excluding ortho intramolecular Hbond substituents is 1. The minimum absolute atomic E-state index is 0.184. The normalized spacial score (nSPS) is 33.5. The number of nitrogens with zero attached hydrogens (tertiary/aromatic N) is 1. The summed E-state index contributed by atoms with van der Waals surface area (Å²) in [6.45, 7) is 9.02. The second kappa shape index (κ2) is 5.29. The van der Waals surface area contributed by atoms with E-state index in [4.69, 9.17) is 4.74 Å². The van der Waals surface area contributed by atoms with E-state index in [9.17, 15) is 5.11 Å². The topological polar surface area (TPSA) is 32.7 Å². The van der Waals surface area contributed by atoms with Crippen LogP contribution < -0.4 is 0 Å². The summed E-state index contributed by atoms with van der Waals surface area (Å²) in [6, 6.07) is 6.52. The van der Waals surface area contributed by atoms with Gasteiger partial charge in [-0.3, -0.25) is 4.90 Å². The molecule has 0 radical (unpaired) electrons. The molecule has 3 heteroatoms. The van der Waals surface area contributed by atoms with Crippen LogP contribution in [0.1, 0.15) is 38.3 Å². The lowest BCUT2D eigenvalue weighted by atomic mass is 9.59. The first kappa shape index (κ1) is 14.9. The number of phenols is 1. The van der Waals surface area contributed by atoms with Crippen LogP contribution in [0.15, 0.2) is 18.2 Å². The molecule has 1 saturated heterocycles. The molecule has 4 atom stereocenters. The smallest absolute Gasteiger partial charge is 0.115 e. The fourth-order valence-electron chi connectivity index (χ4n) is 4.33. The third-order valence-corrected chi connectivity index (χ3v) is 6.00. The maximum atomic E-state index is 9.86. The third-order valence-electron chi connectivity index (χ3n) is 6.00. The van der Waals surface area contributed by atoms with E-state index in [0.29, 0.717) is 17.7 Å². The Bertz CT molecular complexity index is 530. The largest absolute Gasteiger partial charge is 0.508 e. The molecule has 0 spiro atoms. The van der Waals surface area contributed by atoms with Crippen molar-refractivity contribution in [3.63, 3.8) is 0 Å². The van der Waals surface area contributed by atoms with E-state index in [-0.39, 0.29) is 11.5 Å². The van der Waals surface area contributed by atoms with Crippen LogP contribution in [0.5, 0.6) is 5.75 Å². The molecule has 1 aliphatic heterocycles. The summed E-state index contributed by atoms with van der Waals surface area (Å²) in [6.07, 6.45) is 2.52. The summed E-state index contributed by atoms with van der Waals surface area (Å²) in [5, 5.41) is 9.86. The van der Waals surface area contributed by atoms with E-state index >= 15 is 0 Å². The number of likely N-dealkylation sites (tertiary alicyclic amines) is 1. The number of fused-ring (bicyclic) bond motifs is 4.